The minimum atomic E-state index is -4.01. The first-order valence-corrected chi connectivity index (χ1v) is 6.70. The van der Waals surface area contributed by atoms with Crippen molar-refractivity contribution in [3.05, 3.63) is 0 Å². The van der Waals surface area contributed by atoms with Crippen molar-refractivity contribution in [1.29, 1.82) is 0 Å². The summed E-state index contributed by atoms with van der Waals surface area (Å²) in [6, 6.07) is -0.170. The van der Waals surface area contributed by atoms with Crippen molar-refractivity contribution in [2.24, 2.45) is 0 Å². The largest absolute Gasteiger partial charge is 0.472 e. The van der Waals surface area contributed by atoms with E-state index >= 15 is 0 Å². The molecule has 1 aliphatic heterocycles. The highest BCUT2D eigenvalue weighted by molar-refractivity contribution is 7.47. The zero-order valence-corrected chi connectivity index (χ0v) is 10.8. The van der Waals surface area contributed by atoms with Crippen molar-refractivity contribution in [1.82, 2.24) is 0 Å². The molecule has 1 N–H and O–H groups in total. The molecular weight excluding hydrogens is 234 g/mol. The van der Waals surface area contributed by atoms with E-state index in [-0.39, 0.29) is 18.2 Å². The Bertz CT molecular complexity index is 275. The molecule has 5 atom stereocenters. The Morgan fingerprint density at radius 3 is 2.50 bits per heavy atom. The summed E-state index contributed by atoms with van der Waals surface area (Å²) < 4.78 is 31.6. The highest BCUT2D eigenvalue weighted by atomic mass is 31.2. The van der Waals surface area contributed by atoms with Gasteiger partial charge in [0, 0.05) is 14.2 Å². The van der Waals surface area contributed by atoms with Crippen LogP contribution in [0.5, 0.6) is 0 Å². The van der Waals surface area contributed by atoms with E-state index in [1.54, 1.807) is 0 Å². The van der Waals surface area contributed by atoms with Crippen LogP contribution in [0.1, 0.15) is 13.3 Å². The molecular formula is C8H18BO6P. The molecule has 0 aromatic rings. The van der Waals surface area contributed by atoms with Gasteiger partial charge in [-0.3, -0.25) is 9.05 Å². The van der Waals surface area contributed by atoms with Crippen LogP contribution < -0.4 is 0 Å². The van der Waals surface area contributed by atoms with E-state index in [4.69, 9.17) is 14.0 Å². The van der Waals surface area contributed by atoms with Gasteiger partial charge in [-0.05, 0) is 6.42 Å². The monoisotopic (exact) mass is 252 g/mol. The first-order valence-electron chi connectivity index (χ1n) is 5.20. The Labute approximate surface area is 96.2 Å². The molecule has 0 saturated carbocycles. The first-order chi connectivity index (χ1) is 7.45. The Morgan fingerprint density at radius 1 is 1.44 bits per heavy atom. The maximum atomic E-state index is 11.4. The molecule has 0 bridgehead atoms. The molecule has 0 aromatic heterocycles. The zero-order chi connectivity index (χ0) is 12.3. The summed E-state index contributed by atoms with van der Waals surface area (Å²) in [6.07, 6.45) is -0.518. The number of ether oxygens (including phenoxy) is 2. The van der Waals surface area contributed by atoms with Crippen LogP contribution in [-0.2, 0) is 23.1 Å². The molecule has 8 heteroatoms. The summed E-state index contributed by atoms with van der Waals surface area (Å²) in [5.74, 6) is 0. The van der Waals surface area contributed by atoms with Gasteiger partial charge in [0.2, 0.25) is 0 Å². The summed E-state index contributed by atoms with van der Waals surface area (Å²) >= 11 is 0. The molecule has 1 saturated heterocycles. The lowest BCUT2D eigenvalue weighted by molar-refractivity contribution is -0.000944. The molecule has 2 unspecified atom stereocenters. The Kier molecular flexibility index (Phi) is 4.97. The third-order valence-corrected chi connectivity index (χ3v) is 3.67. The molecule has 1 heterocycles. The van der Waals surface area contributed by atoms with Gasteiger partial charge in [0.1, 0.15) is 20.1 Å². The Balaban J connectivity index is 2.77. The molecule has 1 rings (SSSR count). The van der Waals surface area contributed by atoms with E-state index in [2.05, 4.69) is 4.52 Å². The quantitative estimate of drug-likeness (QED) is 0.544. The number of hydrogen-bond donors (Lipinski definition) is 1. The summed E-state index contributed by atoms with van der Waals surface area (Å²) in [7, 11) is 0.482. The van der Waals surface area contributed by atoms with Gasteiger partial charge in [0.05, 0.1) is 12.1 Å². The van der Waals surface area contributed by atoms with E-state index in [9.17, 15) is 9.46 Å². The van der Waals surface area contributed by atoms with Crippen LogP contribution in [0.25, 0.3) is 0 Å². The minimum Gasteiger partial charge on any atom is -0.378 e. The molecule has 1 fully saturated rings. The second-order valence-electron chi connectivity index (χ2n) is 3.71. The van der Waals surface area contributed by atoms with Crippen molar-refractivity contribution >= 4 is 15.7 Å². The van der Waals surface area contributed by atoms with Crippen LogP contribution in [-0.4, -0.2) is 51.3 Å². The summed E-state index contributed by atoms with van der Waals surface area (Å²) in [6.45, 7) is 1.92. The normalized spacial score (nSPS) is 38.5. The van der Waals surface area contributed by atoms with Gasteiger partial charge in [-0.2, -0.15) is 0 Å². The molecule has 1 aliphatic rings. The fourth-order valence-corrected chi connectivity index (χ4v) is 2.54. The standard InChI is InChI=1S/C8H18BO6P/c1-4-5-6(15-16(10,11)13-3)7(12-2)8(9)14-5/h5-8H,4,9H2,1-3H3,(H,10,11)/t5-,6?,7+,8-/m1/s1. The van der Waals surface area contributed by atoms with Gasteiger partial charge in [-0.1, -0.05) is 6.92 Å². The minimum absolute atomic E-state index is 0.170. The van der Waals surface area contributed by atoms with Crippen molar-refractivity contribution in [3.8, 4) is 0 Å². The predicted molar refractivity (Wildman–Crippen MR) is 60.0 cm³/mol. The third kappa shape index (κ3) is 3.06. The first kappa shape index (κ1) is 14.2. The number of rotatable bonds is 5. The number of phosphoric acid groups is 1. The molecule has 0 aromatic carbocycles. The van der Waals surface area contributed by atoms with Crippen LogP contribution in [0.15, 0.2) is 0 Å². The molecule has 94 valence electrons. The predicted octanol–water partition coefficient (Wildman–Crippen LogP) is -0.0986. The van der Waals surface area contributed by atoms with Gasteiger partial charge >= 0.3 is 7.82 Å². The lowest BCUT2D eigenvalue weighted by atomic mass is 9.92. The van der Waals surface area contributed by atoms with Crippen molar-refractivity contribution in [3.63, 3.8) is 0 Å². The van der Waals surface area contributed by atoms with E-state index in [0.717, 1.165) is 7.11 Å². The highest BCUT2D eigenvalue weighted by Crippen LogP contribution is 2.46. The maximum Gasteiger partial charge on any atom is 0.472 e. The van der Waals surface area contributed by atoms with Crippen LogP contribution in [0, 0.1) is 0 Å². The molecule has 16 heavy (non-hydrogen) atoms. The average molecular weight is 252 g/mol. The number of methoxy groups -OCH3 is 1. The summed E-state index contributed by atoms with van der Waals surface area (Å²) in [4.78, 5) is 9.30. The maximum absolute atomic E-state index is 11.4. The van der Waals surface area contributed by atoms with Gasteiger partial charge in [0.15, 0.2) is 0 Å². The van der Waals surface area contributed by atoms with Gasteiger partial charge in [0.25, 0.3) is 0 Å². The number of phosphoric ester groups is 1. The Morgan fingerprint density at radius 2 is 2.06 bits per heavy atom. The smallest absolute Gasteiger partial charge is 0.378 e. The summed E-state index contributed by atoms with van der Waals surface area (Å²) in [5, 5.41) is 0. The van der Waals surface area contributed by atoms with Crippen molar-refractivity contribution in [2.75, 3.05) is 14.2 Å². The van der Waals surface area contributed by atoms with E-state index in [0.29, 0.717) is 6.42 Å². The van der Waals surface area contributed by atoms with Gasteiger partial charge < -0.3 is 14.4 Å². The fraction of sp³-hybridized carbons (Fsp3) is 1.00. The Hall–Kier alpha value is 0.0949. The van der Waals surface area contributed by atoms with Crippen molar-refractivity contribution < 1.29 is 28.0 Å². The van der Waals surface area contributed by atoms with Gasteiger partial charge in [-0.15, -0.1) is 0 Å². The van der Waals surface area contributed by atoms with Crippen LogP contribution >= 0.6 is 7.82 Å². The van der Waals surface area contributed by atoms with Crippen LogP contribution in [0.4, 0.5) is 0 Å². The second-order valence-corrected chi connectivity index (χ2v) is 5.22. The van der Waals surface area contributed by atoms with E-state index in [1.807, 2.05) is 14.8 Å². The van der Waals surface area contributed by atoms with E-state index < -0.39 is 13.9 Å². The summed E-state index contributed by atoms with van der Waals surface area (Å²) in [5.41, 5.74) is 0. The lowest BCUT2D eigenvalue weighted by Crippen LogP contribution is -2.36. The average Bonchev–Trinajstić information content (AvgIpc) is 2.53. The third-order valence-electron chi connectivity index (χ3n) is 2.70. The molecule has 0 amide bonds. The molecule has 0 radical (unpaired) electrons. The van der Waals surface area contributed by atoms with E-state index in [1.165, 1.54) is 7.11 Å². The molecule has 0 aliphatic carbocycles. The van der Waals surface area contributed by atoms with Crippen LogP contribution in [0.3, 0.4) is 0 Å². The second kappa shape index (κ2) is 5.62. The van der Waals surface area contributed by atoms with Crippen molar-refractivity contribution in [2.45, 2.75) is 37.7 Å². The molecule has 6 nitrogen and oxygen atoms in total. The SMILES string of the molecule is B[C@@H]1O[C@H](CC)C(OP(=O)(O)OC)[C@@H]1OC. The fourth-order valence-electron chi connectivity index (χ4n) is 1.89. The highest BCUT2D eigenvalue weighted by Gasteiger charge is 2.45. The van der Waals surface area contributed by atoms with Crippen LogP contribution in [0.2, 0.25) is 0 Å². The number of hydrogen-bond acceptors (Lipinski definition) is 5. The lowest BCUT2D eigenvalue weighted by Gasteiger charge is -2.23. The molecule has 0 spiro atoms. The van der Waals surface area contributed by atoms with Gasteiger partial charge in [-0.25, -0.2) is 4.57 Å². The zero-order valence-electron chi connectivity index (χ0n) is 9.95. The topological polar surface area (TPSA) is 74.2 Å².